The molecule has 0 unspecified atom stereocenters. The SMILES string of the molecule is C[C@H](NC(=O)CC(C)(C)C)C(=O)N1CCC[C@@H](C(=O)OCC(Cl)(Cl)Cl)N1. The zero-order valence-corrected chi connectivity index (χ0v) is 17.7. The number of ether oxygens (including phenoxy) is 1. The summed E-state index contributed by atoms with van der Waals surface area (Å²) < 4.78 is 3.26. The molecule has 7 nitrogen and oxygen atoms in total. The lowest BCUT2D eigenvalue weighted by molar-refractivity contribution is -0.152. The second-order valence-electron chi connectivity index (χ2n) is 7.56. The van der Waals surface area contributed by atoms with E-state index in [2.05, 4.69) is 10.7 Å². The van der Waals surface area contributed by atoms with Gasteiger partial charge in [-0.1, -0.05) is 55.6 Å². The van der Waals surface area contributed by atoms with Gasteiger partial charge in [-0.25, -0.2) is 5.43 Å². The van der Waals surface area contributed by atoms with Gasteiger partial charge in [0.1, 0.15) is 18.7 Å². The van der Waals surface area contributed by atoms with Gasteiger partial charge in [0.2, 0.25) is 9.70 Å². The average Bonchev–Trinajstić information content (AvgIpc) is 2.49. The Morgan fingerprint density at radius 3 is 2.42 bits per heavy atom. The van der Waals surface area contributed by atoms with Crippen LogP contribution in [0.3, 0.4) is 0 Å². The fourth-order valence-electron chi connectivity index (χ4n) is 2.44. The van der Waals surface area contributed by atoms with Crippen molar-refractivity contribution in [1.82, 2.24) is 15.8 Å². The molecule has 1 heterocycles. The summed E-state index contributed by atoms with van der Waals surface area (Å²) in [6.45, 7) is 7.49. The average molecular weight is 431 g/mol. The lowest BCUT2D eigenvalue weighted by Crippen LogP contribution is -2.59. The normalized spacial score (nSPS) is 19.7. The van der Waals surface area contributed by atoms with Crippen LogP contribution in [0, 0.1) is 5.41 Å². The summed E-state index contributed by atoms with van der Waals surface area (Å²) in [7, 11) is 0. The number of hydrogen-bond donors (Lipinski definition) is 2. The highest BCUT2D eigenvalue weighted by Gasteiger charge is 2.33. The van der Waals surface area contributed by atoms with Gasteiger partial charge in [0.15, 0.2) is 0 Å². The first kappa shape index (κ1) is 23.3. The molecule has 10 heteroatoms. The van der Waals surface area contributed by atoms with Crippen LogP contribution in [0.25, 0.3) is 0 Å². The molecular weight excluding hydrogens is 405 g/mol. The van der Waals surface area contributed by atoms with Gasteiger partial charge in [0.05, 0.1) is 0 Å². The summed E-state index contributed by atoms with van der Waals surface area (Å²) in [5.41, 5.74) is 2.65. The topological polar surface area (TPSA) is 87.7 Å². The van der Waals surface area contributed by atoms with E-state index in [1.807, 2.05) is 20.8 Å². The van der Waals surface area contributed by atoms with Gasteiger partial charge in [-0.3, -0.25) is 19.4 Å². The largest absolute Gasteiger partial charge is 0.460 e. The zero-order valence-electron chi connectivity index (χ0n) is 15.4. The number of nitrogens with one attached hydrogen (secondary N) is 2. The van der Waals surface area contributed by atoms with E-state index in [1.165, 1.54) is 5.01 Å². The van der Waals surface area contributed by atoms with Crippen LogP contribution in [0.15, 0.2) is 0 Å². The summed E-state index contributed by atoms with van der Waals surface area (Å²) in [5.74, 6) is -1.13. The first-order valence-corrected chi connectivity index (χ1v) is 9.52. The highest BCUT2D eigenvalue weighted by molar-refractivity contribution is 6.67. The van der Waals surface area contributed by atoms with E-state index in [0.29, 0.717) is 25.8 Å². The number of rotatable bonds is 5. The molecule has 1 rings (SSSR count). The third-order valence-corrected chi connectivity index (χ3v) is 3.88. The van der Waals surface area contributed by atoms with Crippen molar-refractivity contribution >= 4 is 52.6 Å². The predicted octanol–water partition coefficient (Wildman–Crippen LogP) is 2.34. The molecule has 150 valence electrons. The number of carbonyl (C=O) groups is 3. The van der Waals surface area contributed by atoms with Crippen LogP contribution in [-0.2, 0) is 19.1 Å². The van der Waals surface area contributed by atoms with Gasteiger partial charge in [-0.05, 0) is 25.2 Å². The van der Waals surface area contributed by atoms with Crippen molar-refractivity contribution in [3.8, 4) is 0 Å². The molecule has 1 aliphatic rings. The monoisotopic (exact) mass is 429 g/mol. The van der Waals surface area contributed by atoms with Crippen molar-refractivity contribution in [1.29, 1.82) is 0 Å². The van der Waals surface area contributed by atoms with E-state index >= 15 is 0 Å². The zero-order chi connectivity index (χ0) is 20.1. The van der Waals surface area contributed by atoms with Crippen LogP contribution < -0.4 is 10.7 Å². The Balaban J connectivity index is 2.56. The molecule has 0 aromatic heterocycles. The maximum atomic E-state index is 12.5. The first-order chi connectivity index (χ1) is 11.8. The summed E-state index contributed by atoms with van der Waals surface area (Å²) in [5, 5.41) is 4.01. The van der Waals surface area contributed by atoms with Crippen molar-refractivity contribution in [3.05, 3.63) is 0 Å². The van der Waals surface area contributed by atoms with Gasteiger partial charge in [-0.2, -0.15) is 0 Å². The Kier molecular flexibility index (Phi) is 8.45. The number of alkyl halides is 3. The number of carbonyl (C=O) groups excluding carboxylic acids is 3. The maximum Gasteiger partial charge on any atom is 0.325 e. The highest BCUT2D eigenvalue weighted by Crippen LogP contribution is 2.26. The molecule has 0 bridgehead atoms. The minimum absolute atomic E-state index is 0.173. The minimum Gasteiger partial charge on any atom is -0.460 e. The Labute approximate surface area is 169 Å². The highest BCUT2D eigenvalue weighted by atomic mass is 35.6. The van der Waals surface area contributed by atoms with Crippen molar-refractivity contribution in [2.45, 2.75) is 62.8 Å². The summed E-state index contributed by atoms with van der Waals surface area (Å²) >= 11 is 16.7. The van der Waals surface area contributed by atoms with E-state index in [0.717, 1.165) is 0 Å². The molecule has 1 saturated heterocycles. The maximum absolute atomic E-state index is 12.5. The Hall–Kier alpha value is -0.760. The van der Waals surface area contributed by atoms with E-state index in [9.17, 15) is 14.4 Å². The van der Waals surface area contributed by atoms with Crippen molar-refractivity contribution in [2.75, 3.05) is 13.2 Å². The number of halogens is 3. The smallest absolute Gasteiger partial charge is 0.325 e. The van der Waals surface area contributed by atoms with Crippen LogP contribution in [0.5, 0.6) is 0 Å². The van der Waals surface area contributed by atoms with E-state index in [-0.39, 0.29) is 23.8 Å². The van der Waals surface area contributed by atoms with Crippen LogP contribution in [0.4, 0.5) is 0 Å². The lowest BCUT2D eigenvalue weighted by Gasteiger charge is -2.34. The van der Waals surface area contributed by atoms with Gasteiger partial charge in [0, 0.05) is 13.0 Å². The second kappa shape index (κ2) is 9.44. The molecule has 1 fully saturated rings. The third kappa shape index (κ3) is 8.75. The van der Waals surface area contributed by atoms with Crippen LogP contribution in [0.2, 0.25) is 0 Å². The van der Waals surface area contributed by atoms with E-state index in [4.69, 9.17) is 39.5 Å². The Morgan fingerprint density at radius 2 is 1.88 bits per heavy atom. The predicted molar refractivity (Wildman–Crippen MR) is 101 cm³/mol. The first-order valence-electron chi connectivity index (χ1n) is 8.39. The molecule has 0 aromatic rings. The van der Waals surface area contributed by atoms with Gasteiger partial charge in [0.25, 0.3) is 5.91 Å². The van der Waals surface area contributed by atoms with Crippen LogP contribution in [-0.4, -0.2) is 51.8 Å². The molecule has 0 aliphatic carbocycles. The fraction of sp³-hybridized carbons (Fsp3) is 0.812. The molecule has 2 atom stereocenters. The summed E-state index contributed by atoms with van der Waals surface area (Å²) in [6.07, 6.45) is 1.41. The van der Waals surface area contributed by atoms with Crippen LogP contribution in [0.1, 0.15) is 47.0 Å². The van der Waals surface area contributed by atoms with E-state index in [1.54, 1.807) is 6.92 Å². The molecule has 2 N–H and O–H groups in total. The lowest BCUT2D eigenvalue weighted by atomic mass is 9.92. The molecular formula is C16H26Cl3N3O4. The Morgan fingerprint density at radius 1 is 1.27 bits per heavy atom. The molecule has 2 amide bonds. The van der Waals surface area contributed by atoms with Crippen molar-refractivity contribution in [2.24, 2.45) is 5.41 Å². The molecule has 0 saturated carbocycles. The molecule has 0 spiro atoms. The third-order valence-electron chi connectivity index (χ3n) is 3.55. The van der Waals surface area contributed by atoms with Crippen LogP contribution >= 0.6 is 34.8 Å². The van der Waals surface area contributed by atoms with E-state index < -0.39 is 21.8 Å². The summed E-state index contributed by atoms with van der Waals surface area (Å²) in [4.78, 5) is 36.6. The molecule has 26 heavy (non-hydrogen) atoms. The quantitative estimate of drug-likeness (QED) is 0.516. The van der Waals surface area contributed by atoms with Gasteiger partial charge < -0.3 is 10.1 Å². The van der Waals surface area contributed by atoms with Gasteiger partial charge in [-0.15, -0.1) is 0 Å². The van der Waals surface area contributed by atoms with Crippen molar-refractivity contribution in [3.63, 3.8) is 0 Å². The summed E-state index contributed by atoms with van der Waals surface area (Å²) in [6, 6.07) is -1.43. The number of amides is 2. The molecule has 0 radical (unpaired) electrons. The minimum atomic E-state index is -1.69. The number of nitrogens with zero attached hydrogens (tertiary/aromatic N) is 1. The van der Waals surface area contributed by atoms with Gasteiger partial charge >= 0.3 is 5.97 Å². The number of hydrazine groups is 1. The molecule has 0 aromatic carbocycles. The number of hydrogen-bond acceptors (Lipinski definition) is 5. The standard InChI is InChI=1S/C16H26Cl3N3O4/c1-10(20-12(23)8-15(2,3)4)13(24)22-7-5-6-11(21-22)14(25)26-9-16(17,18)19/h10-11,21H,5-9H2,1-4H3,(H,20,23)/t10-,11-/m0/s1. The Bertz CT molecular complexity index is 532. The number of esters is 1. The van der Waals surface area contributed by atoms with Crippen molar-refractivity contribution < 1.29 is 19.1 Å². The fourth-order valence-corrected chi connectivity index (χ4v) is 2.60. The second-order valence-corrected chi connectivity index (χ2v) is 10.1. The molecule has 1 aliphatic heterocycles.